The Bertz CT molecular complexity index is 556. The molecule has 2 N–H and O–H groups in total. The second kappa shape index (κ2) is 5.62. The number of nitrogens with two attached hydrogens (primary N) is 1. The first-order valence-corrected chi connectivity index (χ1v) is 8.19. The van der Waals surface area contributed by atoms with Gasteiger partial charge < -0.3 is 10.6 Å². The lowest BCUT2D eigenvalue weighted by atomic mass is 10.2. The van der Waals surface area contributed by atoms with E-state index in [9.17, 15) is 8.42 Å². The molecule has 0 spiro atoms. The lowest BCUT2D eigenvalue weighted by molar-refractivity contribution is 0.387. The van der Waals surface area contributed by atoms with E-state index in [0.29, 0.717) is 37.7 Å². The summed E-state index contributed by atoms with van der Waals surface area (Å²) in [6.07, 6.45) is 2.82. The Morgan fingerprint density at radius 1 is 1.37 bits per heavy atom. The number of rotatable bonds is 3. The van der Waals surface area contributed by atoms with E-state index in [4.69, 9.17) is 17.3 Å². The first-order valence-electron chi connectivity index (χ1n) is 5.96. The highest BCUT2D eigenvalue weighted by Gasteiger charge is 2.24. The summed E-state index contributed by atoms with van der Waals surface area (Å²) in [4.78, 5) is 6.31. The molecule has 2 heterocycles. The van der Waals surface area contributed by atoms with Gasteiger partial charge in [-0.25, -0.2) is 13.4 Å². The zero-order chi connectivity index (χ0) is 14.0. The van der Waals surface area contributed by atoms with Gasteiger partial charge in [0, 0.05) is 38.9 Å². The molecule has 106 valence electrons. The van der Waals surface area contributed by atoms with Crippen LogP contribution in [0.15, 0.2) is 12.3 Å². The lowest BCUT2D eigenvalue weighted by Gasteiger charge is -2.34. The maximum absolute atomic E-state index is 11.4. The van der Waals surface area contributed by atoms with E-state index in [0.717, 1.165) is 11.4 Å². The molecule has 1 fully saturated rings. The first kappa shape index (κ1) is 14.5. The molecule has 0 aromatic carbocycles. The third-order valence-electron chi connectivity index (χ3n) is 3.17. The molecule has 8 heteroatoms. The van der Waals surface area contributed by atoms with E-state index < -0.39 is 10.0 Å². The minimum absolute atomic E-state index is 0.359. The van der Waals surface area contributed by atoms with Crippen molar-refractivity contribution in [2.45, 2.75) is 6.54 Å². The summed E-state index contributed by atoms with van der Waals surface area (Å²) in [5.74, 6) is 0.790. The maximum Gasteiger partial charge on any atom is 0.211 e. The highest BCUT2D eigenvalue weighted by molar-refractivity contribution is 7.88. The molecule has 0 atom stereocenters. The van der Waals surface area contributed by atoms with Crippen LogP contribution >= 0.6 is 11.6 Å². The van der Waals surface area contributed by atoms with Crippen LogP contribution in [0.5, 0.6) is 0 Å². The van der Waals surface area contributed by atoms with Gasteiger partial charge >= 0.3 is 0 Å². The van der Waals surface area contributed by atoms with Crippen LogP contribution in [0.1, 0.15) is 5.56 Å². The van der Waals surface area contributed by atoms with Gasteiger partial charge in [0.1, 0.15) is 5.82 Å². The van der Waals surface area contributed by atoms with Gasteiger partial charge in [0.25, 0.3) is 0 Å². The van der Waals surface area contributed by atoms with Crippen molar-refractivity contribution in [2.24, 2.45) is 5.73 Å². The molecule has 1 aliphatic rings. The van der Waals surface area contributed by atoms with E-state index >= 15 is 0 Å². The van der Waals surface area contributed by atoms with Crippen LogP contribution < -0.4 is 10.6 Å². The maximum atomic E-state index is 11.4. The minimum atomic E-state index is -3.11. The minimum Gasteiger partial charge on any atom is -0.354 e. The molecule has 0 radical (unpaired) electrons. The summed E-state index contributed by atoms with van der Waals surface area (Å²) in [5.41, 5.74) is 6.45. The average molecular weight is 305 g/mol. The molecule has 1 aromatic rings. The lowest BCUT2D eigenvalue weighted by Crippen LogP contribution is -2.48. The number of pyridine rings is 1. The molecule has 0 saturated carbocycles. The predicted molar refractivity (Wildman–Crippen MR) is 75.8 cm³/mol. The van der Waals surface area contributed by atoms with E-state index in [1.807, 2.05) is 11.0 Å². The van der Waals surface area contributed by atoms with Crippen molar-refractivity contribution in [3.63, 3.8) is 0 Å². The van der Waals surface area contributed by atoms with E-state index in [1.54, 1.807) is 6.20 Å². The molecule has 1 aliphatic heterocycles. The van der Waals surface area contributed by atoms with Crippen LogP contribution in [0.4, 0.5) is 5.82 Å². The first-order chi connectivity index (χ1) is 8.91. The average Bonchev–Trinajstić information content (AvgIpc) is 2.38. The number of aromatic nitrogens is 1. The predicted octanol–water partition coefficient (Wildman–Crippen LogP) is 0.275. The summed E-state index contributed by atoms with van der Waals surface area (Å²) >= 11 is 5.97. The summed E-state index contributed by atoms with van der Waals surface area (Å²) in [5, 5.41) is 0.557. The summed E-state index contributed by atoms with van der Waals surface area (Å²) in [6.45, 7) is 2.54. The van der Waals surface area contributed by atoms with Crippen LogP contribution in [0, 0.1) is 0 Å². The number of nitrogens with zero attached hydrogens (tertiary/aromatic N) is 3. The SMILES string of the molecule is CS(=O)(=O)N1CCN(c2cc(CN)c(Cl)cn2)CC1. The smallest absolute Gasteiger partial charge is 0.211 e. The van der Waals surface area contributed by atoms with Crippen molar-refractivity contribution in [1.82, 2.24) is 9.29 Å². The Balaban J connectivity index is 2.10. The van der Waals surface area contributed by atoms with Crippen molar-refractivity contribution in [1.29, 1.82) is 0 Å². The van der Waals surface area contributed by atoms with Crippen molar-refractivity contribution < 1.29 is 8.42 Å². The van der Waals surface area contributed by atoms with Crippen LogP contribution in [0.25, 0.3) is 0 Å². The van der Waals surface area contributed by atoms with Gasteiger partial charge in [0.15, 0.2) is 0 Å². The Kier molecular flexibility index (Phi) is 4.29. The zero-order valence-corrected chi connectivity index (χ0v) is 12.3. The van der Waals surface area contributed by atoms with E-state index in [-0.39, 0.29) is 0 Å². The summed E-state index contributed by atoms with van der Waals surface area (Å²) in [7, 11) is -3.11. The van der Waals surface area contributed by atoms with Crippen molar-refractivity contribution in [3.8, 4) is 0 Å². The van der Waals surface area contributed by atoms with Gasteiger partial charge in [-0.1, -0.05) is 11.6 Å². The molecule has 0 bridgehead atoms. The second-order valence-electron chi connectivity index (χ2n) is 4.49. The number of piperazine rings is 1. The highest BCUT2D eigenvalue weighted by Crippen LogP contribution is 2.21. The summed E-state index contributed by atoms with van der Waals surface area (Å²) in [6, 6.07) is 1.86. The third kappa shape index (κ3) is 3.36. The van der Waals surface area contributed by atoms with Crippen molar-refractivity contribution in [3.05, 3.63) is 22.8 Å². The van der Waals surface area contributed by atoms with Gasteiger partial charge in [0.05, 0.1) is 11.3 Å². The number of hydrogen-bond donors (Lipinski definition) is 1. The molecule has 19 heavy (non-hydrogen) atoms. The fourth-order valence-electron chi connectivity index (χ4n) is 2.05. The number of hydrogen-bond acceptors (Lipinski definition) is 5. The Hall–Kier alpha value is -0.890. The van der Waals surface area contributed by atoms with Gasteiger partial charge in [-0.15, -0.1) is 0 Å². The molecule has 0 unspecified atom stereocenters. The quantitative estimate of drug-likeness (QED) is 0.867. The van der Waals surface area contributed by atoms with Crippen LogP contribution in [0.2, 0.25) is 5.02 Å². The molecule has 0 amide bonds. The topological polar surface area (TPSA) is 79.5 Å². The fourth-order valence-corrected chi connectivity index (χ4v) is 3.05. The summed E-state index contributed by atoms with van der Waals surface area (Å²) < 4.78 is 24.3. The molecule has 2 rings (SSSR count). The molecule has 0 aliphatic carbocycles. The van der Waals surface area contributed by atoms with Gasteiger partial charge in [0.2, 0.25) is 10.0 Å². The molecule has 6 nitrogen and oxygen atoms in total. The normalized spacial score (nSPS) is 17.7. The highest BCUT2D eigenvalue weighted by atomic mass is 35.5. The molecular weight excluding hydrogens is 288 g/mol. The van der Waals surface area contributed by atoms with Crippen LogP contribution in [-0.4, -0.2) is 50.1 Å². The fraction of sp³-hybridized carbons (Fsp3) is 0.545. The Labute approximate surface area is 118 Å². The number of halogens is 1. The third-order valence-corrected chi connectivity index (χ3v) is 4.82. The van der Waals surface area contributed by atoms with Gasteiger partial charge in [-0.2, -0.15) is 4.31 Å². The van der Waals surface area contributed by atoms with Gasteiger partial charge in [-0.05, 0) is 11.6 Å². The largest absolute Gasteiger partial charge is 0.354 e. The Morgan fingerprint density at radius 3 is 2.53 bits per heavy atom. The number of anilines is 1. The van der Waals surface area contributed by atoms with Crippen LogP contribution in [-0.2, 0) is 16.6 Å². The van der Waals surface area contributed by atoms with E-state index in [2.05, 4.69) is 4.98 Å². The second-order valence-corrected chi connectivity index (χ2v) is 6.88. The van der Waals surface area contributed by atoms with E-state index in [1.165, 1.54) is 10.6 Å². The van der Waals surface area contributed by atoms with Crippen molar-refractivity contribution in [2.75, 3.05) is 37.3 Å². The molecule has 1 saturated heterocycles. The number of sulfonamides is 1. The van der Waals surface area contributed by atoms with Crippen LogP contribution in [0.3, 0.4) is 0 Å². The standard InChI is InChI=1S/C11H17ClN4O2S/c1-19(17,18)16-4-2-15(3-5-16)11-6-9(7-13)10(12)8-14-11/h6,8H,2-5,7,13H2,1H3. The van der Waals surface area contributed by atoms with Gasteiger partial charge in [-0.3, -0.25) is 0 Å². The molecule has 1 aromatic heterocycles. The monoisotopic (exact) mass is 304 g/mol. The molecular formula is C11H17ClN4O2S. The zero-order valence-electron chi connectivity index (χ0n) is 10.7. The van der Waals surface area contributed by atoms with Crippen molar-refractivity contribution >= 4 is 27.4 Å². The Morgan fingerprint density at radius 2 is 2.00 bits per heavy atom.